The molecule has 0 radical (unpaired) electrons. The average Bonchev–Trinajstić information content (AvgIpc) is 3.16. The Morgan fingerprint density at radius 1 is 1.24 bits per heavy atom. The van der Waals surface area contributed by atoms with E-state index < -0.39 is 21.1 Å². The van der Waals surface area contributed by atoms with Crippen LogP contribution in [-0.2, 0) is 19.6 Å². The minimum absolute atomic E-state index is 0.0927. The van der Waals surface area contributed by atoms with Gasteiger partial charge < -0.3 is 9.64 Å². The second-order valence-electron chi connectivity index (χ2n) is 5.99. The van der Waals surface area contributed by atoms with Gasteiger partial charge in [-0.2, -0.15) is 4.31 Å². The van der Waals surface area contributed by atoms with Gasteiger partial charge in [0.2, 0.25) is 10.0 Å². The van der Waals surface area contributed by atoms with Crippen molar-refractivity contribution in [3.63, 3.8) is 0 Å². The van der Waals surface area contributed by atoms with E-state index in [4.69, 9.17) is 4.74 Å². The number of carbonyl (C=O) groups is 1. The molecule has 2 aliphatic heterocycles. The Hall–Kier alpha value is -2.04. The fourth-order valence-electron chi connectivity index (χ4n) is 3.03. The number of nitrogens with zero attached hydrogens (tertiary/aromatic N) is 3. The summed E-state index contributed by atoms with van der Waals surface area (Å²) in [6.45, 7) is 1.46. The molecule has 0 spiro atoms. The number of carbonyl (C=O) groups excluding carboxylic acids is 1. The maximum atomic E-state index is 12.7. The van der Waals surface area contributed by atoms with E-state index in [0.717, 1.165) is 12.5 Å². The number of piperazine rings is 1. The van der Waals surface area contributed by atoms with Gasteiger partial charge in [0.25, 0.3) is 11.6 Å². The highest BCUT2D eigenvalue weighted by atomic mass is 32.2. The van der Waals surface area contributed by atoms with Crippen molar-refractivity contribution in [3.8, 4) is 0 Å². The number of amides is 1. The lowest BCUT2D eigenvalue weighted by molar-refractivity contribution is -0.385. The van der Waals surface area contributed by atoms with Gasteiger partial charge in [0, 0.05) is 44.9 Å². The third-order valence-corrected chi connectivity index (χ3v) is 6.32. The molecule has 0 bridgehead atoms. The molecule has 0 aromatic heterocycles. The van der Waals surface area contributed by atoms with E-state index in [0.29, 0.717) is 13.0 Å². The number of rotatable bonds is 4. The zero-order chi connectivity index (χ0) is 18.0. The number of ether oxygens (including phenoxy) is 1. The van der Waals surface area contributed by atoms with E-state index in [1.165, 1.54) is 22.5 Å². The number of nitro groups is 1. The fraction of sp³-hybridized carbons (Fsp3) is 0.533. The first-order chi connectivity index (χ1) is 11.9. The molecular formula is C15H19N3O6S. The highest BCUT2D eigenvalue weighted by molar-refractivity contribution is 7.89. The van der Waals surface area contributed by atoms with Gasteiger partial charge >= 0.3 is 0 Å². The fourth-order valence-corrected chi connectivity index (χ4v) is 4.49. The lowest BCUT2D eigenvalue weighted by Crippen LogP contribution is -2.52. The summed E-state index contributed by atoms with van der Waals surface area (Å²) in [6, 6.07) is 4.99. The molecule has 2 fully saturated rings. The molecule has 10 heteroatoms. The van der Waals surface area contributed by atoms with Crippen molar-refractivity contribution in [2.45, 2.75) is 23.8 Å². The van der Waals surface area contributed by atoms with Crippen molar-refractivity contribution >= 4 is 21.6 Å². The number of non-ortho nitro benzene ring substituents is 1. The molecule has 1 unspecified atom stereocenters. The molecule has 2 heterocycles. The molecule has 0 N–H and O–H groups in total. The summed E-state index contributed by atoms with van der Waals surface area (Å²) in [5, 5.41) is 10.8. The Morgan fingerprint density at radius 2 is 1.96 bits per heavy atom. The predicted molar refractivity (Wildman–Crippen MR) is 87.4 cm³/mol. The topological polar surface area (TPSA) is 110 Å². The van der Waals surface area contributed by atoms with Gasteiger partial charge in [0.05, 0.1) is 9.82 Å². The van der Waals surface area contributed by atoms with Crippen molar-refractivity contribution in [3.05, 3.63) is 34.4 Å². The van der Waals surface area contributed by atoms with E-state index in [9.17, 15) is 23.3 Å². The maximum absolute atomic E-state index is 12.7. The maximum Gasteiger partial charge on any atom is 0.270 e. The summed E-state index contributed by atoms with van der Waals surface area (Å²) in [6.07, 6.45) is 1.14. The highest BCUT2D eigenvalue weighted by Gasteiger charge is 2.34. The van der Waals surface area contributed by atoms with Crippen LogP contribution < -0.4 is 0 Å². The molecule has 0 saturated carbocycles. The minimum atomic E-state index is -3.83. The van der Waals surface area contributed by atoms with Crippen LogP contribution >= 0.6 is 0 Å². The van der Waals surface area contributed by atoms with E-state index >= 15 is 0 Å². The molecule has 25 heavy (non-hydrogen) atoms. The number of benzene rings is 1. The largest absolute Gasteiger partial charge is 0.368 e. The summed E-state index contributed by atoms with van der Waals surface area (Å²) in [4.78, 5) is 24.0. The van der Waals surface area contributed by atoms with Crippen LogP contribution in [0.4, 0.5) is 5.69 Å². The first kappa shape index (κ1) is 17.8. The van der Waals surface area contributed by atoms with E-state index in [1.807, 2.05) is 0 Å². The van der Waals surface area contributed by atoms with E-state index in [1.54, 1.807) is 4.90 Å². The molecule has 9 nitrogen and oxygen atoms in total. The highest BCUT2D eigenvalue weighted by Crippen LogP contribution is 2.23. The van der Waals surface area contributed by atoms with Crippen LogP contribution in [0.25, 0.3) is 0 Å². The van der Waals surface area contributed by atoms with E-state index in [-0.39, 0.29) is 42.7 Å². The third kappa shape index (κ3) is 3.65. The van der Waals surface area contributed by atoms with Crippen molar-refractivity contribution in [2.75, 3.05) is 32.8 Å². The second-order valence-corrected chi connectivity index (χ2v) is 7.92. The smallest absolute Gasteiger partial charge is 0.270 e. The predicted octanol–water partition coefficient (Wildman–Crippen LogP) is 0.607. The first-order valence-electron chi connectivity index (χ1n) is 8.04. The third-order valence-electron chi connectivity index (χ3n) is 4.42. The molecule has 1 amide bonds. The molecule has 1 atom stereocenters. The van der Waals surface area contributed by atoms with Crippen molar-refractivity contribution in [1.29, 1.82) is 0 Å². The molecule has 2 saturated heterocycles. The Morgan fingerprint density at radius 3 is 2.56 bits per heavy atom. The van der Waals surface area contributed by atoms with Crippen molar-refractivity contribution < 1.29 is 22.9 Å². The summed E-state index contributed by atoms with van der Waals surface area (Å²) < 4.78 is 32.0. The van der Waals surface area contributed by atoms with Gasteiger partial charge in [-0.3, -0.25) is 14.9 Å². The van der Waals surface area contributed by atoms with Crippen LogP contribution in [0.15, 0.2) is 29.2 Å². The van der Waals surface area contributed by atoms with Crippen LogP contribution in [0, 0.1) is 10.1 Å². The van der Waals surface area contributed by atoms with Gasteiger partial charge in [-0.1, -0.05) is 6.07 Å². The van der Waals surface area contributed by atoms with Crippen LogP contribution in [0.5, 0.6) is 0 Å². The van der Waals surface area contributed by atoms with Gasteiger partial charge in [-0.05, 0) is 18.9 Å². The molecule has 1 aromatic carbocycles. The zero-order valence-corrected chi connectivity index (χ0v) is 14.4. The molecule has 0 aliphatic carbocycles. The summed E-state index contributed by atoms with van der Waals surface area (Å²) in [5.41, 5.74) is -0.270. The van der Waals surface area contributed by atoms with Gasteiger partial charge in [-0.15, -0.1) is 0 Å². The van der Waals surface area contributed by atoms with Crippen LogP contribution in [0.2, 0.25) is 0 Å². The van der Waals surface area contributed by atoms with Crippen molar-refractivity contribution in [1.82, 2.24) is 9.21 Å². The summed E-state index contributed by atoms with van der Waals surface area (Å²) in [5.74, 6) is -0.0927. The standard InChI is InChI=1S/C15H19N3O6S/c19-15(14-5-2-10-24-14)16-6-8-17(9-7-16)25(22,23)13-4-1-3-12(11-13)18(20)21/h1,3-4,11,14H,2,5-10H2. The van der Waals surface area contributed by atoms with Crippen LogP contribution in [0.3, 0.4) is 0 Å². The molecule has 1 aromatic rings. The zero-order valence-electron chi connectivity index (χ0n) is 13.5. The number of nitro benzene ring substituents is 1. The van der Waals surface area contributed by atoms with Crippen LogP contribution in [0.1, 0.15) is 12.8 Å². The summed E-state index contributed by atoms with van der Waals surface area (Å²) >= 11 is 0. The normalized spacial score (nSPS) is 22.1. The van der Waals surface area contributed by atoms with Crippen LogP contribution in [-0.4, -0.2) is 67.3 Å². The number of sulfonamides is 1. The number of hydrogen-bond donors (Lipinski definition) is 0. The quantitative estimate of drug-likeness (QED) is 0.568. The molecule has 3 rings (SSSR count). The Labute approximate surface area is 145 Å². The number of hydrogen-bond acceptors (Lipinski definition) is 6. The SMILES string of the molecule is O=C(C1CCCO1)N1CCN(S(=O)(=O)c2cccc([N+](=O)[O-])c2)CC1. The second kappa shape index (κ2) is 7.06. The molecular weight excluding hydrogens is 350 g/mol. The Bertz CT molecular complexity index is 767. The van der Waals surface area contributed by atoms with Gasteiger partial charge in [0.1, 0.15) is 6.10 Å². The summed E-state index contributed by atoms with van der Waals surface area (Å²) in [7, 11) is -3.83. The van der Waals surface area contributed by atoms with Gasteiger partial charge in [0.15, 0.2) is 0 Å². The first-order valence-corrected chi connectivity index (χ1v) is 9.48. The molecule has 2 aliphatic rings. The Balaban J connectivity index is 1.68. The Kier molecular flexibility index (Phi) is 5.02. The average molecular weight is 369 g/mol. The van der Waals surface area contributed by atoms with Gasteiger partial charge in [-0.25, -0.2) is 8.42 Å². The van der Waals surface area contributed by atoms with Crippen molar-refractivity contribution in [2.24, 2.45) is 0 Å². The lowest BCUT2D eigenvalue weighted by atomic mass is 10.2. The monoisotopic (exact) mass is 369 g/mol. The lowest BCUT2D eigenvalue weighted by Gasteiger charge is -2.35. The van der Waals surface area contributed by atoms with E-state index in [2.05, 4.69) is 0 Å². The minimum Gasteiger partial charge on any atom is -0.368 e. The molecule has 136 valence electrons.